The summed E-state index contributed by atoms with van der Waals surface area (Å²) in [5.41, 5.74) is 21.8. The van der Waals surface area contributed by atoms with Crippen LogP contribution in [0.25, 0.3) is 0 Å². The van der Waals surface area contributed by atoms with Gasteiger partial charge in [-0.1, -0.05) is 36.4 Å². The van der Waals surface area contributed by atoms with Gasteiger partial charge >= 0.3 is 0 Å². The van der Waals surface area contributed by atoms with Gasteiger partial charge in [-0.15, -0.1) is 5.10 Å². The number of benzene rings is 2. The maximum Gasteiger partial charge on any atom is 0.234 e. The highest BCUT2D eigenvalue weighted by atomic mass is 15.4. The van der Waals surface area contributed by atoms with Crippen molar-refractivity contribution in [2.75, 3.05) is 0 Å². The van der Waals surface area contributed by atoms with Crippen LogP contribution in [0.3, 0.4) is 0 Å². The van der Waals surface area contributed by atoms with Crippen molar-refractivity contribution < 1.29 is 0 Å². The minimum Gasteiger partial charge on any atom is -0.384 e. The first-order valence-electron chi connectivity index (χ1n) is 7.50. The third-order valence-electron chi connectivity index (χ3n) is 3.16. The molecule has 2 aromatic rings. The van der Waals surface area contributed by atoms with Gasteiger partial charge < -0.3 is 17.2 Å². The molecular weight excluding hydrogens is 330 g/mol. The van der Waals surface area contributed by atoms with E-state index in [4.69, 9.17) is 28.0 Å². The van der Waals surface area contributed by atoms with Crippen LogP contribution < -0.4 is 22.6 Å². The molecule has 2 aromatic carbocycles. The van der Waals surface area contributed by atoms with Crippen LogP contribution in [-0.2, 0) is 0 Å². The molecule has 0 atom stereocenters. The summed E-state index contributed by atoms with van der Waals surface area (Å²) in [5, 5.41) is 26.4. The lowest BCUT2D eigenvalue weighted by atomic mass is 10.1. The number of nitrogens with two attached hydrogens (primary N) is 3. The fourth-order valence-electron chi connectivity index (χ4n) is 1.93. The fourth-order valence-corrected chi connectivity index (χ4v) is 1.93. The van der Waals surface area contributed by atoms with E-state index in [1.54, 1.807) is 42.5 Å². The quantitative estimate of drug-likeness (QED) is 0.253. The Bertz CT molecular complexity index is 897. The standard InChI is InChI=1S/C17H19N9/c18-15(19)13-5-1-3-11(7-13)9-23-25-17(22)26-24-10-12-4-2-6-14(8-12)16(20)21/h1-10H,(H3,18,19)(H3,20,21)(H3,22,25,26)/b23-9+,24-10?. The molecule has 9 heteroatoms. The van der Waals surface area contributed by atoms with E-state index >= 15 is 0 Å². The van der Waals surface area contributed by atoms with E-state index < -0.39 is 0 Å². The van der Waals surface area contributed by atoms with E-state index in [2.05, 4.69) is 20.7 Å². The first-order valence-corrected chi connectivity index (χ1v) is 7.50. The molecule has 0 radical (unpaired) electrons. The Morgan fingerprint density at radius 2 is 1.38 bits per heavy atom. The summed E-state index contributed by atoms with van der Waals surface area (Å²) >= 11 is 0. The highest BCUT2D eigenvalue weighted by Crippen LogP contribution is 2.03. The molecule has 0 heterocycles. The highest BCUT2D eigenvalue weighted by molar-refractivity contribution is 5.97. The molecule has 132 valence electrons. The van der Waals surface area contributed by atoms with Crippen LogP contribution in [0.4, 0.5) is 0 Å². The summed E-state index contributed by atoms with van der Waals surface area (Å²) < 4.78 is 0. The number of hydrazone groups is 1. The predicted octanol–water partition coefficient (Wildman–Crippen LogP) is 0.527. The van der Waals surface area contributed by atoms with Crippen molar-refractivity contribution in [3.8, 4) is 0 Å². The molecule has 0 unspecified atom stereocenters. The Balaban J connectivity index is 1.96. The monoisotopic (exact) mass is 349 g/mol. The van der Waals surface area contributed by atoms with Crippen LogP contribution in [0.5, 0.6) is 0 Å². The van der Waals surface area contributed by atoms with Crippen LogP contribution in [-0.4, -0.2) is 30.1 Å². The Labute approximate surface area is 150 Å². The molecule has 0 aliphatic heterocycles. The SMILES string of the molecule is N=C(N)c1cccc(C=NN/C(N)=N/N=C/c2cccc(C(=N)N)c2)c1. The minimum absolute atomic E-state index is 0.00273. The van der Waals surface area contributed by atoms with Crippen LogP contribution >= 0.6 is 0 Å². The second-order valence-electron chi connectivity index (χ2n) is 5.18. The van der Waals surface area contributed by atoms with E-state index in [1.807, 2.05) is 6.07 Å². The zero-order chi connectivity index (χ0) is 18.9. The second-order valence-corrected chi connectivity index (χ2v) is 5.18. The molecule has 0 spiro atoms. The number of nitrogen functional groups attached to an aromatic ring is 2. The number of guanidine groups is 1. The topological polar surface area (TPSA) is 175 Å². The smallest absolute Gasteiger partial charge is 0.234 e. The van der Waals surface area contributed by atoms with Gasteiger partial charge in [0.05, 0.1) is 12.4 Å². The van der Waals surface area contributed by atoms with E-state index in [0.29, 0.717) is 11.1 Å². The molecule has 0 aliphatic rings. The van der Waals surface area contributed by atoms with Gasteiger partial charge in [-0.3, -0.25) is 10.8 Å². The van der Waals surface area contributed by atoms with Crippen LogP contribution in [0.2, 0.25) is 0 Å². The summed E-state index contributed by atoms with van der Waals surface area (Å²) in [5.74, 6) is -0.0338. The predicted molar refractivity (Wildman–Crippen MR) is 105 cm³/mol. The minimum atomic E-state index is -0.0203. The lowest BCUT2D eigenvalue weighted by molar-refractivity contribution is 0.994. The molecule has 0 aliphatic carbocycles. The fraction of sp³-hybridized carbons (Fsp3) is 0. The zero-order valence-electron chi connectivity index (χ0n) is 13.8. The van der Waals surface area contributed by atoms with E-state index in [1.165, 1.54) is 12.4 Å². The summed E-state index contributed by atoms with van der Waals surface area (Å²) in [7, 11) is 0. The van der Waals surface area contributed by atoms with Crippen LogP contribution in [0.1, 0.15) is 22.3 Å². The van der Waals surface area contributed by atoms with Crippen molar-refractivity contribution in [2.24, 2.45) is 32.5 Å². The van der Waals surface area contributed by atoms with Gasteiger partial charge in [-0.2, -0.15) is 10.2 Å². The normalized spacial score (nSPS) is 11.8. The van der Waals surface area contributed by atoms with Crippen LogP contribution in [0, 0.1) is 10.8 Å². The van der Waals surface area contributed by atoms with Gasteiger partial charge in [0.1, 0.15) is 11.7 Å². The highest BCUT2D eigenvalue weighted by Gasteiger charge is 1.97. The maximum atomic E-state index is 7.40. The molecule has 2 rings (SSSR count). The number of hydrogen-bond donors (Lipinski definition) is 6. The Hall–Kier alpha value is -4.01. The molecule has 26 heavy (non-hydrogen) atoms. The molecule has 9 nitrogen and oxygen atoms in total. The van der Waals surface area contributed by atoms with E-state index in [9.17, 15) is 0 Å². The number of nitrogens with zero attached hydrogens (tertiary/aromatic N) is 3. The van der Waals surface area contributed by atoms with Gasteiger partial charge in [0.15, 0.2) is 0 Å². The Morgan fingerprint density at radius 3 is 1.92 bits per heavy atom. The zero-order valence-corrected chi connectivity index (χ0v) is 13.8. The number of amidine groups is 2. The maximum absolute atomic E-state index is 7.40. The number of hydrogen-bond acceptors (Lipinski definition) is 5. The summed E-state index contributed by atoms with van der Waals surface area (Å²) in [6.45, 7) is 0. The van der Waals surface area contributed by atoms with Crippen molar-refractivity contribution in [3.63, 3.8) is 0 Å². The Kier molecular flexibility index (Phi) is 6.16. The molecule has 0 fully saturated rings. The molecule has 0 bridgehead atoms. The van der Waals surface area contributed by atoms with Crippen molar-refractivity contribution in [1.82, 2.24) is 5.43 Å². The molecule has 0 saturated heterocycles. The van der Waals surface area contributed by atoms with Gasteiger partial charge in [-0.25, -0.2) is 5.43 Å². The van der Waals surface area contributed by atoms with Crippen molar-refractivity contribution in [1.29, 1.82) is 10.8 Å². The largest absolute Gasteiger partial charge is 0.384 e. The van der Waals surface area contributed by atoms with Gasteiger partial charge in [-0.05, 0) is 23.3 Å². The van der Waals surface area contributed by atoms with Crippen molar-refractivity contribution in [2.45, 2.75) is 0 Å². The average molecular weight is 349 g/mol. The van der Waals surface area contributed by atoms with Gasteiger partial charge in [0, 0.05) is 11.1 Å². The summed E-state index contributed by atoms with van der Waals surface area (Å²) in [6.07, 6.45) is 3.01. The lowest BCUT2D eigenvalue weighted by Gasteiger charge is -2.00. The number of nitrogens with one attached hydrogen (secondary N) is 3. The van der Waals surface area contributed by atoms with Crippen LogP contribution in [0.15, 0.2) is 63.8 Å². The van der Waals surface area contributed by atoms with E-state index in [0.717, 1.165) is 11.1 Å². The summed E-state index contributed by atoms with van der Waals surface area (Å²) in [4.78, 5) is 0. The first-order chi connectivity index (χ1) is 12.5. The molecule has 0 saturated carbocycles. The van der Waals surface area contributed by atoms with Gasteiger partial charge in [0.2, 0.25) is 5.96 Å². The number of rotatable bonds is 6. The second kappa shape index (κ2) is 8.73. The summed E-state index contributed by atoms with van der Waals surface area (Å²) in [6, 6.07) is 14.1. The lowest BCUT2D eigenvalue weighted by Crippen LogP contribution is -2.26. The van der Waals surface area contributed by atoms with Gasteiger partial charge in [0.25, 0.3) is 0 Å². The Morgan fingerprint density at radius 1 is 0.846 bits per heavy atom. The van der Waals surface area contributed by atoms with E-state index in [-0.39, 0.29) is 17.6 Å². The van der Waals surface area contributed by atoms with Crippen molar-refractivity contribution in [3.05, 3.63) is 70.8 Å². The molecule has 0 aromatic heterocycles. The molecule has 9 N–H and O–H groups in total. The van der Waals surface area contributed by atoms with Crippen molar-refractivity contribution >= 4 is 30.1 Å². The average Bonchev–Trinajstić information content (AvgIpc) is 2.62. The third kappa shape index (κ3) is 5.57. The molecular formula is C17H19N9. The first kappa shape index (κ1) is 18.3. The third-order valence-corrected chi connectivity index (χ3v) is 3.16. The molecule has 0 amide bonds.